The van der Waals surface area contributed by atoms with Crippen molar-refractivity contribution in [3.8, 4) is 0 Å². The highest BCUT2D eigenvalue weighted by Gasteiger charge is 2.23. The molecule has 0 aliphatic carbocycles. The Kier molecular flexibility index (Phi) is 7.81. The molecule has 0 bridgehead atoms. The molecule has 7 nitrogen and oxygen atoms in total. The lowest BCUT2D eigenvalue weighted by molar-refractivity contribution is -0.149. The van der Waals surface area contributed by atoms with Crippen molar-refractivity contribution in [2.75, 3.05) is 23.9 Å². The zero-order chi connectivity index (χ0) is 21.3. The Labute approximate surface area is 182 Å². The molecule has 3 rings (SSSR count). The van der Waals surface area contributed by atoms with Crippen molar-refractivity contribution >= 4 is 56.2 Å². The first kappa shape index (κ1) is 21.8. The zero-order valence-corrected chi connectivity index (χ0v) is 17.9. The number of benzene rings is 2. The number of hydrogen-bond donors (Lipinski definition) is 2. The summed E-state index contributed by atoms with van der Waals surface area (Å²) in [7, 11) is 0. The fraction of sp³-hybridized carbons (Fsp3) is 0.238. The van der Waals surface area contributed by atoms with Gasteiger partial charge in [-0.2, -0.15) is 11.8 Å². The number of hydrogen-bond acceptors (Lipinski definition) is 7. The number of rotatable bonds is 9. The van der Waals surface area contributed by atoms with Gasteiger partial charge in [0.05, 0.1) is 10.2 Å². The van der Waals surface area contributed by atoms with Crippen LogP contribution in [-0.4, -0.2) is 47.4 Å². The second-order valence-corrected chi connectivity index (χ2v) is 8.33. The smallest absolute Gasteiger partial charge is 0.329 e. The molecule has 2 N–H and O–H groups in total. The van der Waals surface area contributed by atoms with Gasteiger partial charge in [-0.3, -0.25) is 14.9 Å². The lowest BCUT2D eigenvalue weighted by atomic mass is 10.1. The van der Waals surface area contributed by atoms with Crippen LogP contribution in [0.5, 0.6) is 0 Å². The van der Waals surface area contributed by atoms with Gasteiger partial charge in [0.25, 0.3) is 11.8 Å². The summed E-state index contributed by atoms with van der Waals surface area (Å²) in [4.78, 5) is 41.3. The number of fused-ring (bicyclic) bond motifs is 1. The first-order valence-electron chi connectivity index (χ1n) is 9.23. The molecule has 30 heavy (non-hydrogen) atoms. The molecule has 0 spiro atoms. The van der Waals surface area contributed by atoms with E-state index in [1.54, 1.807) is 42.1 Å². The van der Waals surface area contributed by atoms with E-state index in [2.05, 4.69) is 15.6 Å². The third kappa shape index (κ3) is 6.04. The number of amides is 2. The van der Waals surface area contributed by atoms with Gasteiger partial charge in [0.1, 0.15) is 6.04 Å². The van der Waals surface area contributed by atoms with Gasteiger partial charge in [-0.15, -0.1) is 0 Å². The Morgan fingerprint density at radius 2 is 1.83 bits per heavy atom. The van der Waals surface area contributed by atoms with E-state index in [1.807, 2.05) is 30.5 Å². The number of nitrogens with one attached hydrogen (secondary N) is 2. The van der Waals surface area contributed by atoms with Crippen molar-refractivity contribution in [1.29, 1.82) is 0 Å². The number of carbonyl (C=O) groups excluding carboxylic acids is 3. The van der Waals surface area contributed by atoms with Gasteiger partial charge in [0, 0.05) is 5.56 Å². The van der Waals surface area contributed by atoms with Gasteiger partial charge in [-0.25, -0.2) is 9.78 Å². The molecule has 9 heteroatoms. The molecule has 2 amide bonds. The quantitative estimate of drug-likeness (QED) is 0.493. The summed E-state index contributed by atoms with van der Waals surface area (Å²) in [5, 5.41) is 5.76. The molecule has 1 heterocycles. The number of esters is 1. The van der Waals surface area contributed by atoms with Crippen LogP contribution in [-0.2, 0) is 14.3 Å². The van der Waals surface area contributed by atoms with Crippen molar-refractivity contribution in [3.63, 3.8) is 0 Å². The van der Waals surface area contributed by atoms with Crippen LogP contribution in [0.3, 0.4) is 0 Å². The van der Waals surface area contributed by atoms with Crippen LogP contribution in [0.1, 0.15) is 16.8 Å². The van der Waals surface area contributed by atoms with Gasteiger partial charge >= 0.3 is 5.97 Å². The Morgan fingerprint density at radius 1 is 1.10 bits per heavy atom. The monoisotopic (exact) mass is 443 g/mol. The topological polar surface area (TPSA) is 97.4 Å². The van der Waals surface area contributed by atoms with E-state index in [0.29, 0.717) is 22.9 Å². The van der Waals surface area contributed by atoms with Crippen LogP contribution < -0.4 is 10.6 Å². The average molecular weight is 444 g/mol. The van der Waals surface area contributed by atoms with Crippen LogP contribution in [0.25, 0.3) is 10.2 Å². The summed E-state index contributed by atoms with van der Waals surface area (Å²) >= 11 is 2.89. The minimum atomic E-state index is -0.833. The molecular formula is C21H21N3O4S2. The maximum absolute atomic E-state index is 12.5. The third-order valence-corrected chi connectivity index (χ3v) is 5.72. The fourth-order valence-corrected chi connectivity index (χ4v) is 3.99. The van der Waals surface area contributed by atoms with E-state index in [-0.39, 0.29) is 5.91 Å². The normalized spacial score (nSPS) is 11.6. The molecule has 0 fully saturated rings. The molecular weight excluding hydrogens is 422 g/mol. The number of para-hydroxylation sites is 1. The number of anilines is 1. The van der Waals surface area contributed by atoms with Gasteiger partial charge in [0.15, 0.2) is 11.7 Å². The second-order valence-electron chi connectivity index (χ2n) is 6.32. The maximum atomic E-state index is 12.5. The summed E-state index contributed by atoms with van der Waals surface area (Å²) in [5.74, 6) is -0.835. The number of nitrogens with zero attached hydrogens (tertiary/aromatic N) is 1. The number of carbonyl (C=O) groups is 3. The van der Waals surface area contributed by atoms with E-state index in [9.17, 15) is 14.4 Å². The highest BCUT2D eigenvalue weighted by atomic mass is 32.2. The van der Waals surface area contributed by atoms with E-state index >= 15 is 0 Å². The predicted octanol–water partition coefficient (Wildman–Crippen LogP) is 3.33. The number of thiazole rings is 1. The Bertz CT molecular complexity index is 990. The Hall–Kier alpha value is -2.91. The SMILES string of the molecule is CSCC[C@H](NC(=O)c1ccccc1)C(=O)OCC(=O)Nc1nc2ccccc2s1. The minimum Gasteiger partial charge on any atom is -0.454 e. The van der Waals surface area contributed by atoms with Crippen molar-refractivity contribution < 1.29 is 19.1 Å². The lowest BCUT2D eigenvalue weighted by Crippen LogP contribution is -2.43. The summed E-state index contributed by atoms with van der Waals surface area (Å²) < 4.78 is 6.10. The largest absolute Gasteiger partial charge is 0.454 e. The van der Waals surface area contributed by atoms with Crippen molar-refractivity contribution in [3.05, 3.63) is 60.2 Å². The highest BCUT2D eigenvalue weighted by Crippen LogP contribution is 2.25. The van der Waals surface area contributed by atoms with Gasteiger partial charge in [-0.05, 0) is 42.7 Å². The predicted molar refractivity (Wildman–Crippen MR) is 120 cm³/mol. The van der Waals surface area contributed by atoms with Crippen LogP contribution in [0.2, 0.25) is 0 Å². The van der Waals surface area contributed by atoms with Crippen molar-refractivity contribution in [2.24, 2.45) is 0 Å². The lowest BCUT2D eigenvalue weighted by Gasteiger charge is -2.17. The van der Waals surface area contributed by atoms with Crippen LogP contribution in [0, 0.1) is 0 Å². The Balaban J connectivity index is 1.55. The van der Waals surface area contributed by atoms with Crippen molar-refractivity contribution in [1.82, 2.24) is 10.3 Å². The van der Waals surface area contributed by atoms with Crippen LogP contribution >= 0.6 is 23.1 Å². The van der Waals surface area contributed by atoms with Gasteiger partial charge in [-0.1, -0.05) is 41.7 Å². The first-order chi connectivity index (χ1) is 14.6. The maximum Gasteiger partial charge on any atom is 0.329 e. The van der Waals surface area contributed by atoms with Gasteiger partial charge in [0.2, 0.25) is 0 Å². The van der Waals surface area contributed by atoms with Crippen LogP contribution in [0.4, 0.5) is 5.13 Å². The molecule has 2 aromatic carbocycles. The molecule has 0 aliphatic rings. The molecule has 0 aliphatic heterocycles. The third-order valence-electron chi connectivity index (χ3n) is 4.12. The summed E-state index contributed by atoms with van der Waals surface area (Å²) in [6.45, 7) is -0.453. The molecule has 0 saturated heterocycles. The molecule has 0 radical (unpaired) electrons. The van der Waals surface area contributed by atoms with Crippen molar-refractivity contribution in [2.45, 2.75) is 12.5 Å². The van der Waals surface area contributed by atoms with E-state index in [4.69, 9.17) is 4.74 Å². The van der Waals surface area contributed by atoms with E-state index < -0.39 is 24.5 Å². The summed E-state index contributed by atoms with van der Waals surface area (Å²) in [6.07, 6.45) is 2.31. The molecule has 1 aromatic heterocycles. The van der Waals surface area contributed by atoms with E-state index in [1.165, 1.54) is 11.3 Å². The molecule has 156 valence electrons. The molecule has 1 atom stereocenters. The van der Waals surface area contributed by atoms with E-state index in [0.717, 1.165) is 10.2 Å². The van der Waals surface area contributed by atoms with Crippen LogP contribution in [0.15, 0.2) is 54.6 Å². The molecule has 0 saturated carbocycles. The second kappa shape index (κ2) is 10.7. The number of thioether (sulfide) groups is 1. The molecule has 3 aromatic rings. The fourth-order valence-electron chi connectivity index (χ4n) is 2.63. The average Bonchev–Trinajstić information content (AvgIpc) is 3.17. The highest BCUT2D eigenvalue weighted by molar-refractivity contribution is 7.98. The zero-order valence-electron chi connectivity index (χ0n) is 16.3. The first-order valence-corrected chi connectivity index (χ1v) is 11.4. The standard InChI is InChI=1S/C21H21N3O4S2/c1-29-12-11-16(22-19(26)14-7-3-2-4-8-14)20(27)28-13-18(25)24-21-23-15-9-5-6-10-17(15)30-21/h2-10,16H,11-13H2,1H3,(H,22,26)(H,23,24,25)/t16-/m0/s1. The molecule has 0 unspecified atom stereocenters. The Morgan fingerprint density at radius 3 is 2.57 bits per heavy atom. The summed E-state index contributed by atoms with van der Waals surface area (Å²) in [5.41, 5.74) is 1.24. The van der Waals surface area contributed by atoms with Gasteiger partial charge < -0.3 is 10.1 Å². The number of aromatic nitrogens is 1. The minimum absolute atomic E-state index is 0.363. The summed E-state index contributed by atoms with van der Waals surface area (Å²) in [6, 6.07) is 15.3. The number of ether oxygens (including phenoxy) is 1.